The predicted octanol–water partition coefficient (Wildman–Crippen LogP) is 0.628. The molecule has 2 heterocycles. The van der Waals surface area contributed by atoms with Crippen LogP contribution >= 0.6 is 0 Å². The summed E-state index contributed by atoms with van der Waals surface area (Å²) >= 11 is 0. The van der Waals surface area contributed by atoms with Crippen LogP contribution in [0.15, 0.2) is 0 Å². The Balaban J connectivity index is 1.64. The van der Waals surface area contributed by atoms with Crippen LogP contribution in [-0.4, -0.2) is 86.3 Å². The number of ether oxygens (including phenoxy) is 1. The number of nitriles is 1. The molecule has 0 aliphatic carbocycles. The van der Waals surface area contributed by atoms with Crippen molar-refractivity contribution in [1.82, 2.24) is 14.7 Å². The summed E-state index contributed by atoms with van der Waals surface area (Å²) in [6.07, 6.45) is 2.10. The van der Waals surface area contributed by atoms with Gasteiger partial charge in [-0.1, -0.05) is 13.3 Å². The molecule has 2 aliphatic heterocycles. The molecule has 0 aromatic heterocycles. The van der Waals surface area contributed by atoms with Crippen molar-refractivity contribution in [2.24, 2.45) is 0 Å². The Labute approximate surface area is 123 Å². The zero-order valence-corrected chi connectivity index (χ0v) is 12.8. The SMILES string of the molecule is CCCC(C#N)N1CCN(CCN2CCOCC2)CC1. The minimum absolute atomic E-state index is 0.126. The van der Waals surface area contributed by atoms with Gasteiger partial charge in [0.1, 0.15) is 0 Å². The minimum Gasteiger partial charge on any atom is -0.379 e. The lowest BCUT2D eigenvalue weighted by Crippen LogP contribution is -2.51. The van der Waals surface area contributed by atoms with Gasteiger partial charge in [0.15, 0.2) is 0 Å². The number of morpholine rings is 1. The highest BCUT2D eigenvalue weighted by Gasteiger charge is 2.23. The number of hydrogen-bond acceptors (Lipinski definition) is 5. The third-order valence-electron chi connectivity index (χ3n) is 4.39. The average molecular weight is 280 g/mol. The molecule has 0 aromatic rings. The Morgan fingerprint density at radius 1 is 1.00 bits per heavy atom. The van der Waals surface area contributed by atoms with Crippen LogP contribution in [0, 0.1) is 11.3 Å². The zero-order chi connectivity index (χ0) is 14.2. The van der Waals surface area contributed by atoms with Crippen molar-refractivity contribution in [3.05, 3.63) is 0 Å². The fourth-order valence-electron chi connectivity index (χ4n) is 3.01. The summed E-state index contributed by atoms with van der Waals surface area (Å²) in [6, 6.07) is 2.58. The average Bonchev–Trinajstić information content (AvgIpc) is 2.52. The summed E-state index contributed by atoms with van der Waals surface area (Å²) < 4.78 is 5.37. The van der Waals surface area contributed by atoms with Gasteiger partial charge in [-0.25, -0.2) is 0 Å². The lowest BCUT2D eigenvalue weighted by atomic mass is 10.1. The molecular weight excluding hydrogens is 252 g/mol. The first-order valence-corrected chi connectivity index (χ1v) is 7.99. The fourth-order valence-corrected chi connectivity index (χ4v) is 3.01. The quantitative estimate of drug-likeness (QED) is 0.714. The summed E-state index contributed by atoms with van der Waals surface area (Å²) in [6.45, 7) is 12.7. The molecule has 1 atom stereocenters. The van der Waals surface area contributed by atoms with E-state index in [1.54, 1.807) is 0 Å². The molecule has 0 amide bonds. The molecule has 0 saturated carbocycles. The molecule has 5 nitrogen and oxygen atoms in total. The summed E-state index contributed by atoms with van der Waals surface area (Å²) in [7, 11) is 0. The van der Waals surface area contributed by atoms with Gasteiger partial charge in [-0.2, -0.15) is 5.26 Å². The van der Waals surface area contributed by atoms with E-state index in [0.29, 0.717) is 0 Å². The normalized spacial score (nSPS) is 24.4. The minimum atomic E-state index is 0.126. The van der Waals surface area contributed by atoms with Crippen LogP contribution in [0.3, 0.4) is 0 Å². The smallest absolute Gasteiger partial charge is 0.0978 e. The van der Waals surface area contributed by atoms with Gasteiger partial charge in [-0.15, -0.1) is 0 Å². The largest absolute Gasteiger partial charge is 0.379 e. The maximum Gasteiger partial charge on any atom is 0.0978 e. The van der Waals surface area contributed by atoms with E-state index in [9.17, 15) is 5.26 Å². The lowest BCUT2D eigenvalue weighted by Gasteiger charge is -2.38. The first-order valence-electron chi connectivity index (χ1n) is 7.99. The van der Waals surface area contributed by atoms with Crippen LogP contribution in [0.4, 0.5) is 0 Å². The fraction of sp³-hybridized carbons (Fsp3) is 0.933. The summed E-state index contributed by atoms with van der Waals surface area (Å²) in [5, 5.41) is 9.23. The van der Waals surface area contributed by atoms with Gasteiger partial charge in [0.05, 0.1) is 25.3 Å². The van der Waals surface area contributed by atoms with Crippen LogP contribution in [-0.2, 0) is 4.74 Å². The topological polar surface area (TPSA) is 42.7 Å². The first kappa shape index (κ1) is 15.7. The van der Waals surface area contributed by atoms with E-state index in [1.807, 2.05) is 0 Å². The Kier molecular flexibility index (Phi) is 6.74. The molecule has 0 radical (unpaired) electrons. The van der Waals surface area contributed by atoms with Gasteiger partial charge in [0.2, 0.25) is 0 Å². The van der Waals surface area contributed by atoms with E-state index in [2.05, 4.69) is 27.7 Å². The number of nitrogens with zero attached hydrogens (tertiary/aromatic N) is 4. The molecule has 1 unspecified atom stereocenters. The van der Waals surface area contributed by atoms with E-state index >= 15 is 0 Å². The van der Waals surface area contributed by atoms with Crippen molar-refractivity contribution in [3.63, 3.8) is 0 Å². The highest BCUT2D eigenvalue weighted by atomic mass is 16.5. The predicted molar refractivity (Wildman–Crippen MR) is 79.6 cm³/mol. The van der Waals surface area contributed by atoms with Gasteiger partial charge in [-0.05, 0) is 6.42 Å². The number of hydrogen-bond donors (Lipinski definition) is 0. The first-order chi connectivity index (χ1) is 9.83. The van der Waals surface area contributed by atoms with Crippen molar-refractivity contribution >= 4 is 0 Å². The second kappa shape index (κ2) is 8.58. The highest BCUT2D eigenvalue weighted by molar-refractivity contribution is 4.93. The maximum absolute atomic E-state index is 9.23. The number of rotatable bonds is 6. The van der Waals surface area contributed by atoms with E-state index in [-0.39, 0.29) is 6.04 Å². The monoisotopic (exact) mass is 280 g/mol. The van der Waals surface area contributed by atoms with E-state index in [1.165, 1.54) is 0 Å². The van der Waals surface area contributed by atoms with E-state index in [0.717, 1.165) is 78.4 Å². The van der Waals surface area contributed by atoms with E-state index < -0.39 is 0 Å². The molecular formula is C15H28N4O. The molecule has 0 aromatic carbocycles. The standard InChI is InChI=1S/C15H28N4O/c1-2-3-15(14-16)19-8-6-17(7-9-19)4-5-18-10-12-20-13-11-18/h15H,2-13H2,1H3. The molecule has 0 bridgehead atoms. The van der Waals surface area contributed by atoms with Crippen LogP contribution in [0.1, 0.15) is 19.8 Å². The third-order valence-corrected chi connectivity index (χ3v) is 4.39. The summed E-state index contributed by atoms with van der Waals surface area (Å²) in [5.41, 5.74) is 0. The molecule has 2 saturated heterocycles. The summed E-state index contributed by atoms with van der Waals surface area (Å²) in [4.78, 5) is 7.38. The second-order valence-corrected chi connectivity index (χ2v) is 5.77. The molecule has 0 N–H and O–H groups in total. The van der Waals surface area contributed by atoms with E-state index in [4.69, 9.17) is 4.74 Å². The highest BCUT2D eigenvalue weighted by Crippen LogP contribution is 2.10. The molecule has 0 spiro atoms. The molecule has 20 heavy (non-hydrogen) atoms. The second-order valence-electron chi connectivity index (χ2n) is 5.77. The van der Waals surface area contributed by atoms with Crippen molar-refractivity contribution in [2.75, 3.05) is 65.6 Å². The van der Waals surface area contributed by atoms with Crippen molar-refractivity contribution < 1.29 is 4.74 Å². The molecule has 2 fully saturated rings. The van der Waals surface area contributed by atoms with Crippen LogP contribution in [0.5, 0.6) is 0 Å². The Hall–Kier alpha value is -0.670. The molecule has 5 heteroatoms. The van der Waals surface area contributed by atoms with Gasteiger partial charge >= 0.3 is 0 Å². The van der Waals surface area contributed by atoms with Gasteiger partial charge in [-0.3, -0.25) is 14.7 Å². The maximum atomic E-state index is 9.23. The van der Waals surface area contributed by atoms with Crippen LogP contribution in [0.2, 0.25) is 0 Å². The molecule has 2 aliphatic rings. The molecule has 114 valence electrons. The lowest BCUT2D eigenvalue weighted by molar-refractivity contribution is 0.0289. The third kappa shape index (κ3) is 4.71. The van der Waals surface area contributed by atoms with Crippen molar-refractivity contribution in [1.29, 1.82) is 5.26 Å². The Morgan fingerprint density at radius 2 is 1.60 bits per heavy atom. The van der Waals surface area contributed by atoms with Gasteiger partial charge in [0.25, 0.3) is 0 Å². The van der Waals surface area contributed by atoms with Crippen molar-refractivity contribution in [3.8, 4) is 6.07 Å². The Bertz CT molecular complexity index is 303. The number of piperazine rings is 1. The Morgan fingerprint density at radius 3 is 2.15 bits per heavy atom. The van der Waals surface area contributed by atoms with Crippen LogP contribution in [0.25, 0.3) is 0 Å². The van der Waals surface area contributed by atoms with Gasteiger partial charge in [0, 0.05) is 52.4 Å². The molecule has 2 rings (SSSR count). The van der Waals surface area contributed by atoms with Crippen molar-refractivity contribution in [2.45, 2.75) is 25.8 Å². The zero-order valence-electron chi connectivity index (χ0n) is 12.8. The van der Waals surface area contributed by atoms with Crippen LogP contribution < -0.4 is 0 Å². The summed E-state index contributed by atoms with van der Waals surface area (Å²) in [5.74, 6) is 0. The van der Waals surface area contributed by atoms with Gasteiger partial charge < -0.3 is 4.74 Å².